The van der Waals surface area contributed by atoms with Crippen LogP contribution in [0.2, 0.25) is 0 Å². The number of hydrogen-bond acceptors (Lipinski definition) is 4. The first-order valence-electron chi connectivity index (χ1n) is 3.53. The molecule has 0 atom stereocenters. The topological polar surface area (TPSA) is 66.0 Å². The van der Waals surface area contributed by atoms with Gasteiger partial charge in [-0.2, -0.15) is 10.5 Å². The number of rotatable bonds is 3. The lowest BCUT2D eigenvalue weighted by molar-refractivity contribution is 0.383. The second-order valence-corrected chi connectivity index (χ2v) is 2.16. The molecule has 0 saturated carbocycles. The molecule has 0 aliphatic carbocycles. The van der Waals surface area contributed by atoms with Crippen molar-refractivity contribution in [3.05, 3.63) is 30.3 Å². The number of hydrogen-bond donors (Lipinski definition) is 0. The standard InChI is InChI=1S/C8H5BN2O2/c10-6-12-9(13-7-11)8-4-2-1-3-5-8/h1-5H. The summed E-state index contributed by atoms with van der Waals surface area (Å²) >= 11 is 0. The van der Waals surface area contributed by atoms with E-state index in [1.165, 1.54) is 12.5 Å². The summed E-state index contributed by atoms with van der Waals surface area (Å²) in [4.78, 5) is 0. The summed E-state index contributed by atoms with van der Waals surface area (Å²) in [6.07, 6.45) is 2.95. The summed E-state index contributed by atoms with van der Waals surface area (Å²) < 4.78 is 9.06. The summed E-state index contributed by atoms with van der Waals surface area (Å²) in [6, 6.07) is 8.77. The van der Waals surface area contributed by atoms with Crippen LogP contribution in [-0.4, -0.2) is 7.12 Å². The Morgan fingerprint density at radius 3 is 2.00 bits per heavy atom. The molecule has 1 rings (SSSR count). The molecule has 0 aromatic heterocycles. The van der Waals surface area contributed by atoms with Crippen LogP contribution in [0.5, 0.6) is 0 Å². The van der Waals surface area contributed by atoms with Gasteiger partial charge in [0.05, 0.1) is 0 Å². The third kappa shape index (κ3) is 2.42. The molecule has 0 heterocycles. The highest BCUT2D eigenvalue weighted by Gasteiger charge is 2.24. The van der Waals surface area contributed by atoms with E-state index >= 15 is 0 Å². The maximum absolute atomic E-state index is 8.26. The Labute approximate surface area is 76.1 Å². The van der Waals surface area contributed by atoms with E-state index < -0.39 is 7.12 Å². The van der Waals surface area contributed by atoms with Crippen LogP contribution in [0.25, 0.3) is 0 Å². The average Bonchev–Trinajstić information content (AvgIpc) is 2.19. The second-order valence-electron chi connectivity index (χ2n) is 2.16. The molecule has 4 nitrogen and oxygen atoms in total. The summed E-state index contributed by atoms with van der Waals surface area (Å²) in [5.74, 6) is 0. The maximum Gasteiger partial charge on any atom is 0.652 e. The van der Waals surface area contributed by atoms with Gasteiger partial charge in [-0.25, -0.2) is 0 Å². The van der Waals surface area contributed by atoms with Crippen LogP contribution in [-0.2, 0) is 9.31 Å². The molecular formula is C8H5BN2O2. The van der Waals surface area contributed by atoms with E-state index in [4.69, 9.17) is 10.5 Å². The molecule has 62 valence electrons. The first-order chi connectivity index (χ1) is 6.38. The van der Waals surface area contributed by atoms with Crippen molar-refractivity contribution in [3.8, 4) is 12.5 Å². The molecule has 1 aromatic rings. The van der Waals surface area contributed by atoms with Gasteiger partial charge in [-0.3, -0.25) is 0 Å². The molecule has 0 aliphatic rings. The second kappa shape index (κ2) is 4.68. The zero-order valence-electron chi connectivity index (χ0n) is 6.68. The maximum atomic E-state index is 8.26. The molecule has 0 bridgehead atoms. The Morgan fingerprint density at radius 1 is 1.00 bits per heavy atom. The summed E-state index contributed by atoms with van der Waals surface area (Å²) in [7, 11) is -0.934. The van der Waals surface area contributed by atoms with Gasteiger partial charge in [0.1, 0.15) is 0 Å². The minimum Gasteiger partial charge on any atom is -0.452 e. The smallest absolute Gasteiger partial charge is 0.452 e. The van der Waals surface area contributed by atoms with Gasteiger partial charge >= 0.3 is 7.12 Å². The van der Waals surface area contributed by atoms with Gasteiger partial charge in [0.25, 0.3) is 12.5 Å². The predicted molar refractivity (Wildman–Crippen MR) is 45.2 cm³/mol. The van der Waals surface area contributed by atoms with Crippen molar-refractivity contribution in [2.75, 3.05) is 0 Å². The van der Waals surface area contributed by atoms with Gasteiger partial charge in [0.15, 0.2) is 0 Å². The molecule has 0 spiro atoms. The average molecular weight is 172 g/mol. The third-order valence-electron chi connectivity index (χ3n) is 1.39. The van der Waals surface area contributed by atoms with Crippen molar-refractivity contribution in [1.82, 2.24) is 0 Å². The molecule has 0 amide bonds. The van der Waals surface area contributed by atoms with Crippen LogP contribution in [0, 0.1) is 23.0 Å². The van der Waals surface area contributed by atoms with Crippen molar-refractivity contribution < 1.29 is 9.31 Å². The van der Waals surface area contributed by atoms with E-state index in [1.807, 2.05) is 6.07 Å². The molecule has 0 fully saturated rings. The number of benzene rings is 1. The molecule has 0 radical (unpaired) electrons. The predicted octanol–water partition coefficient (Wildman–Crippen LogP) is 0.377. The molecule has 0 aliphatic heterocycles. The van der Waals surface area contributed by atoms with Gasteiger partial charge in [-0.05, 0) is 0 Å². The largest absolute Gasteiger partial charge is 0.652 e. The van der Waals surface area contributed by atoms with Crippen LogP contribution in [0.4, 0.5) is 0 Å². The van der Waals surface area contributed by atoms with Crippen LogP contribution in [0.3, 0.4) is 0 Å². The van der Waals surface area contributed by atoms with Gasteiger partial charge < -0.3 is 9.31 Å². The summed E-state index contributed by atoms with van der Waals surface area (Å²) in [6.45, 7) is 0. The Morgan fingerprint density at radius 2 is 1.54 bits per heavy atom. The molecule has 1 aromatic carbocycles. The molecule has 5 heteroatoms. The van der Waals surface area contributed by atoms with Crippen molar-refractivity contribution in [1.29, 1.82) is 10.5 Å². The van der Waals surface area contributed by atoms with Crippen molar-refractivity contribution in [2.45, 2.75) is 0 Å². The fourth-order valence-corrected chi connectivity index (χ4v) is 0.866. The van der Waals surface area contributed by atoms with E-state index in [1.54, 1.807) is 24.3 Å². The minimum atomic E-state index is -0.934. The normalized spacial score (nSPS) is 7.85. The lowest BCUT2D eigenvalue weighted by Crippen LogP contribution is -2.34. The zero-order valence-corrected chi connectivity index (χ0v) is 6.68. The van der Waals surface area contributed by atoms with E-state index in [0.717, 1.165) is 0 Å². The highest BCUT2D eigenvalue weighted by Crippen LogP contribution is 1.91. The van der Waals surface area contributed by atoms with Crippen molar-refractivity contribution >= 4 is 12.6 Å². The van der Waals surface area contributed by atoms with E-state index in [9.17, 15) is 0 Å². The molecular weight excluding hydrogens is 167 g/mol. The van der Waals surface area contributed by atoms with Crippen molar-refractivity contribution in [3.63, 3.8) is 0 Å². The highest BCUT2D eigenvalue weighted by molar-refractivity contribution is 6.61. The molecule has 0 N–H and O–H groups in total. The van der Waals surface area contributed by atoms with E-state index in [2.05, 4.69) is 9.31 Å². The van der Waals surface area contributed by atoms with E-state index in [-0.39, 0.29) is 0 Å². The Balaban J connectivity index is 2.78. The first-order valence-corrected chi connectivity index (χ1v) is 3.53. The van der Waals surface area contributed by atoms with Crippen molar-refractivity contribution in [2.24, 2.45) is 0 Å². The first kappa shape index (κ1) is 8.96. The molecule has 0 saturated heterocycles. The van der Waals surface area contributed by atoms with Crippen LogP contribution >= 0.6 is 0 Å². The van der Waals surface area contributed by atoms with Gasteiger partial charge in [-0.15, -0.1) is 0 Å². The quantitative estimate of drug-likeness (QED) is 0.488. The van der Waals surface area contributed by atoms with Gasteiger partial charge in [0.2, 0.25) is 0 Å². The number of nitriles is 2. The van der Waals surface area contributed by atoms with Gasteiger partial charge in [0, 0.05) is 5.46 Å². The lowest BCUT2D eigenvalue weighted by atomic mass is 9.79. The third-order valence-corrected chi connectivity index (χ3v) is 1.39. The summed E-state index contributed by atoms with van der Waals surface area (Å²) in [5.41, 5.74) is 0.630. The van der Waals surface area contributed by atoms with Gasteiger partial charge in [-0.1, -0.05) is 30.3 Å². The van der Waals surface area contributed by atoms with Crippen LogP contribution in [0.15, 0.2) is 30.3 Å². The van der Waals surface area contributed by atoms with E-state index in [0.29, 0.717) is 5.46 Å². The Bertz CT molecular complexity index is 325. The Hall–Kier alpha value is -2.14. The fraction of sp³-hybridized carbons (Fsp3) is 0. The Kier molecular flexibility index (Phi) is 3.23. The monoisotopic (exact) mass is 172 g/mol. The fourth-order valence-electron chi connectivity index (χ4n) is 0.866. The minimum absolute atomic E-state index is 0.630. The highest BCUT2D eigenvalue weighted by atomic mass is 16.6. The number of nitrogens with zero attached hydrogens (tertiary/aromatic N) is 2. The molecule has 13 heavy (non-hydrogen) atoms. The summed E-state index contributed by atoms with van der Waals surface area (Å²) in [5, 5.41) is 16.5. The SMILES string of the molecule is N#COB(OC#N)c1ccccc1. The van der Waals surface area contributed by atoms with Crippen LogP contribution < -0.4 is 5.46 Å². The zero-order chi connectivity index (χ0) is 9.52. The lowest BCUT2D eigenvalue weighted by Gasteiger charge is -2.03. The van der Waals surface area contributed by atoms with Crippen LogP contribution in [0.1, 0.15) is 0 Å². The molecule has 0 unspecified atom stereocenters.